The molecule has 0 aromatic carbocycles. The molecular weight excluding hydrogens is 347 g/mol. The fourth-order valence-electron chi connectivity index (χ4n) is 3.13. The van der Waals surface area contributed by atoms with Crippen LogP contribution in [-0.4, -0.2) is 39.8 Å². The van der Waals surface area contributed by atoms with Gasteiger partial charge in [0.15, 0.2) is 0 Å². The molecule has 25 heavy (non-hydrogen) atoms. The van der Waals surface area contributed by atoms with Crippen molar-refractivity contribution in [3.8, 4) is 0 Å². The first-order valence-corrected chi connectivity index (χ1v) is 9.04. The third-order valence-electron chi connectivity index (χ3n) is 4.45. The van der Waals surface area contributed by atoms with E-state index in [1.807, 2.05) is 6.92 Å². The highest BCUT2D eigenvalue weighted by molar-refractivity contribution is 7.18. The molecule has 0 bridgehead atoms. The monoisotopic (exact) mass is 368 g/mol. The third kappa shape index (κ3) is 2.86. The maximum atomic E-state index is 13.0. The van der Waals surface area contributed by atoms with Crippen molar-refractivity contribution in [2.75, 3.05) is 19.8 Å². The van der Waals surface area contributed by atoms with Crippen molar-refractivity contribution in [1.29, 1.82) is 0 Å². The second kappa shape index (κ2) is 6.62. The summed E-state index contributed by atoms with van der Waals surface area (Å²) in [7, 11) is 0. The van der Waals surface area contributed by atoms with E-state index in [-0.39, 0.29) is 24.2 Å². The SMILES string of the molecule is Cc1c(CN2CCNC2=O)sc2c1c(=O)n(C(C)C)c(=O)n2CCF. The number of nitrogens with zero attached hydrogens (tertiary/aromatic N) is 3. The normalized spacial score (nSPS) is 14.8. The summed E-state index contributed by atoms with van der Waals surface area (Å²) in [6.07, 6.45) is 0. The summed E-state index contributed by atoms with van der Waals surface area (Å²) in [4.78, 5) is 40.3. The molecule has 3 rings (SSSR count). The molecular formula is C16H21FN4O3S. The fourth-order valence-corrected chi connectivity index (χ4v) is 4.46. The van der Waals surface area contributed by atoms with Crippen LogP contribution in [0.1, 0.15) is 30.3 Å². The quantitative estimate of drug-likeness (QED) is 0.871. The maximum Gasteiger partial charge on any atom is 0.332 e. The van der Waals surface area contributed by atoms with Gasteiger partial charge in [0, 0.05) is 24.0 Å². The molecule has 9 heteroatoms. The molecule has 0 unspecified atom stereocenters. The van der Waals surface area contributed by atoms with Gasteiger partial charge in [-0.2, -0.15) is 0 Å². The smallest absolute Gasteiger partial charge is 0.332 e. The Hall–Kier alpha value is -2.16. The van der Waals surface area contributed by atoms with Gasteiger partial charge in [-0.25, -0.2) is 14.0 Å². The van der Waals surface area contributed by atoms with Crippen molar-refractivity contribution in [2.24, 2.45) is 0 Å². The molecule has 1 aliphatic heterocycles. The van der Waals surface area contributed by atoms with Gasteiger partial charge < -0.3 is 10.2 Å². The highest BCUT2D eigenvalue weighted by atomic mass is 32.1. The maximum absolute atomic E-state index is 13.0. The molecule has 2 aromatic rings. The Balaban J connectivity index is 2.23. The average Bonchev–Trinajstić information content (AvgIpc) is 3.08. The molecule has 1 N–H and O–H groups in total. The van der Waals surface area contributed by atoms with Crippen LogP contribution in [0, 0.1) is 6.92 Å². The number of hydrogen-bond acceptors (Lipinski definition) is 4. The Morgan fingerprint density at radius 3 is 2.56 bits per heavy atom. The van der Waals surface area contributed by atoms with Crippen LogP contribution in [-0.2, 0) is 13.1 Å². The number of nitrogens with one attached hydrogen (secondary N) is 1. The molecule has 7 nitrogen and oxygen atoms in total. The molecule has 0 atom stereocenters. The van der Waals surface area contributed by atoms with Crippen LogP contribution < -0.4 is 16.6 Å². The number of hydrogen-bond donors (Lipinski definition) is 1. The number of halogens is 1. The standard InChI is InChI=1S/C16H21FN4O3S/c1-9(2)21-13(22)12-10(3)11(8-19-7-5-18-15(19)23)25-14(12)20(6-4-17)16(21)24/h9H,4-8H2,1-3H3,(H,18,23). The van der Waals surface area contributed by atoms with E-state index in [0.29, 0.717) is 29.9 Å². The minimum atomic E-state index is -0.688. The minimum absolute atomic E-state index is 0.0913. The van der Waals surface area contributed by atoms with E-state index in [4.69, 9.17) is 0 Å². The number of fused-ring (bicyclic) bond motifs is 1. The van der Waals surface area contributed by atoms with Crippen LogP contribution in [0.5, 0.6) is 0 Å². The molecule has 0 spiro atoms. The summed E-state index contributed by atoms with van der Waals surface area (Å²) >= 11 is 1.29. The van der Waals surface area contributed by atoms with E-state index in [9.17, 15) is 18.8 Å². The van der Waals surface area contributed by atoms with Gasteiger partial charge in [0.25, 0.3) is 5.56 Å². The van der Waals surface area contributed by atoms with Crippen molar-refractivity contribution in [2.45, 2.75) is 39.9 Å². The Morgan fingerprint density at radius 2 is 2.00 bits per heavy atom. The summed E-state index contributed by atoms with van der Waals surface area (Å²) < 4.78 is 15.5. The first kappa shape index (κ1) is 17.7. The largest absolute Gasteiger partial charge is 0.336 e. The summed E-state index contributed by atoms with van der Waals surface area (Å²) in [5.41, 5.74) is -0.0837. The number of rotatable bonds is 5. The Kier molecular flexibility index (Phi) is 4.68. The number of amides is 2. The van der Waals surface area contributed by atoms with Crippen molar-refractivity contribution < 1.29 is 9.18 Å². The van der Waals surface area contributed by atoms with Gasteiger partial charge in [-0.15, -0.1) is 11.3 Å². The third-order valence-corrected chi connectivity index (χ3v) is 5.75. The fraction of sp³-hybridized carbons (Fsp3) is 0.562. The summed E-state index contributed by atoms with van der Waals surface area (Å²) in [6.45, 7) is 6.12. The van der Waals surface area contributed by atoms with Gasteiger partial charge in [0.05, 0.1) is 18.5 Å². The summed E-state index contributed by atoms with van der Waals surface area (Å²) in [5, 5.41) is 3.19. The van der Waals surface area contributed by atoms with E-state index < -0.39 is 12.4 Å². The second-order valence-electron chi connectivity index (χ2n) is 6.38. The lowest BCUT2D eigenvalue weighted by Gasteiger charge is -2.13. The van der Waals surface area contributed by atoms with E-state index in [1.54, 1.807) is 18.7 Å². The molecule has 2 aromatic heterocycles. The summed E-state index contributed by atoms with van der Waals surface area (Å²) in [5.74, 6) is 0. The number of carbonyl (C=O) groups excluding carboxylic acids is 1. The molecule has 2 amide bonds. The zero-order valence-corrected chi connectivity index (χ0v) is 15.3. The molecule has 136 valence electrons. The molecule has 1 saturated heterocycles. The Labute approximate surface area is 147 Å². The van der Waals surface area contributed by atoms with Crippen LogP contribution in [0.2, 0.25) is 0 Å². The first-order chi connectivity index (χ1) is 11.9. The lowest BCUT2D eigenvalue weighted by atomic mass is 10.2. The van der Waals surface area contributed by atoms with Gasteiger partial charge in [-0.1, -0.05) is 0 Å². The van der Waals surface area contributed by atoms with Gasteiger partial charge in [0.1, 0.15) is 11.5 Å². The molecule has 3 heterocycles. The zero-order chi connectivity index (χ0) is 18.3. The molecule has 1 aliphatic rings. The lowest BCUT2D eigenvalue weighted by molar-refractivity contribution is 0.216. The molecule has 0 saturated carbocycles. The van der Waals surface area contributed by atoms with Crippen molar-refractivity contribution >= 4 is 27.6 Å². The van der Waals surface area contributed by atoms with E-state index in [0.717, 1.165) is 10.4 Å². The van der Waals surface area contributed by atoms with Gasteiger partial charge in [-0.05, 0) is 26.3 Å². The molecule has 0 radical (unpaired) electrons. The Bertz CT molecular complexity index is 943. The highest BCUT2D eigenvalue weighted by Gasteiger charge is 2.25. The number of urea groups is 1. The number of alkyl halides is 1. The van der Waals surface area contributed by atoms with Gasteiger partial charge >= 0.3 is 11.7 Å². The van der Waals surface area contributed by atoms with Gasteiger partial charge in [0.2, 0.25) is 0 Å². The number of aromatic nitrogens is 2. The topological polar surface area (TPSA) is 76.3 Å². The van der Waals surface area contributed by atoms with Crippen molar-refractivity contribution in [3.63, 3.8) is 0 Å². The Morgan fingerprint density at radius 1 is 1.28 bits per heavy atom. The summed E-state index contributed by atoms with van der Waals surface area (Å²) in [6, 6.07) is -0.458. The van der Waals surface area contributed by atoms with Crippen LogP contribution in [0.3, 0.4) is 0 Å². The van der Waals surface area contributed by atoms with Crippen molar-refractivity contribution in [1.82, 2.24) is 19.4 Å². The van der Waals surface area contributed by atoms with Crippen LogP contribution >= 0.6 is 11.3 Å². The van der Waals surface area contributed by atoms with E-state index in [1.165, 1.54) is 20.5 Å². The van der Waals surface area contributed by atoms with Crippen LogP contribution in [0.15, 0.2) is 9.59 Å². The number of thiophene rings is 1. The average molecular weight is 368 g/mol. The number of aryl methyl sites for hydroxylation is 2. The highest BCUT2D eigenvalue weighted by Crippen LogP contribution is 2.29. The predicted octanol–water partition coefficient (Wildman–Crippen LogP) is 1.61. The van der Waals surface area contributed by atoms with Crippen molar-refractivity contribution in [3.05, 3.63) is 31.3 Å². The second-order valence-corrected chi connectivity index (χ2v) is 7.46. The zero-order valence-electron chi connectivity index (χ0n) is 14.5. The molecule has 1 fully saturated rings. The minimum Gasteiger partial charge on any atom is -0.336 e. The van der Waals surface area contributed by atoms with E-state index >= 15 is 0 Å². The molecule has 0 aliphatic carbocycles. The van der Waals surface area contributed by atoms with Crippen LogP contribution in [0.25, 0.3) is 10.2 Å². The first-order valence-electron chi connectivity index (χ1n) is 8.22. The van der Waals surface area contributed by atoms with Gasteiger partial charge in [-0.3, -0.25) is 13.9 Å². The lowest BCUT2D eigenvalue weighted by Crippen LogP contribution is -2.41. The number of carbonyl (C=O) groups is 1. The van der Waals surface area contributed by atoms with Crippen LogP contribution in [0.4, 0.5) is 9.18 Å². The predicted molar refractivity (Wildman–Crippen MR) is 95.3 cm³/mol. The van der Waals surface area contributed by atoms with E-state index in [2.05, 4.69) is 5.32 Å².